The third-order valence-electron chi connectivity index (χ3n) is 3.49. The second-order valence-electron chi connectivity index (χ2n) is 5.03. The van der Waals surface area contributed by atoms with Crippen LogP contribution >= 0.6 is 0 Å². The van der Waals surface area contributed by atoms with Gasteiger partial charge in [0.05, 0.1) is 31.6 Å². The van der Waals surface area contributed by atoms with Gasteiger partial charge in [0, 0.05) is 11.1 Å². The standard InChI is InChI=1S/C17H20FNO4/c1-3-22-15(20)9-8-14-12(10-16(21)23-4-2)11-6-5-7-13(18)17(11)19-14/h5-7,19H,3-4,8-10H2,1-2H3. The van der Waals surface area contributed by atoms with Gasteiger partial charge in [-0.05, 0) is 31.9 Å². The fourth-order valence-corrected chi connectivity index (χ4v) is 2.52. The maximum atomic E-state index is 13.9. The Morgan fingerprint density at radius 1 is 1.13 bits per heavy atom. The van der Waals surface area contributed by atoms with E-state index in [1.165, 1.54) is 6.07 Å². The molecule has 0 aliphatic carbocycles. The number of hydrogen-bond donors (Lipinski definition) is 1. The van der Waals surface area contributed by atoms with Crippen molar-refractivity contribution < 1.29 is 23.5 Å². The Hall–Kier alpha value is -2.37. The predicted molar refractivity (Wildman–Crippen MR) is 83.5 cm³/mol. The summed E-state index contributed by atoms with van der Waals surface area (Å²) in [6, 6.07) is 4.69. The Balaban J connectivity index is 2.31. The SMILES string of the molecule is CCOC(=O)CCc1[nH]c2c(F)cccc2c1CC(=O)OCC. The minimum atomic E-state index is -0.394. The Morgan fingerprint density at radius 2 is 1.83 bits per heavy atom. The van der Waals surface area contributed by atoms with Gasteiger partial charge < -0.3 is 14.5 Å². The number of H-pyrrole nitrogens is 1. The third kappa shape index (κ3) is 4.09. The molecule has 0 aliphatic heterocycles. The molecule has 1 aromatic carbocycles. The van der Waals surface area contributed by atoms with Crippen LogP contribution in [0.2, 0.25) is 0 Å². The highest BCUT2D eigenvalue weighted by Gasteiger charge is 2.18. The molecule has 0 spiro atoms. The number of aryl methyl sites for hydroxylation is 1. The summed E-state index contributed by atoms with van der Waals surface area (Å²) in [7, 11) is 0. The van der Waals surface area contributed by atoms with Gasteiger partial charge >= 0.3 is 11.9 Å². The summed E-state index contributed by atoms with van der Waals surface area (Å²) in [5, 5.41) is 0.636. The van der Waals surface area contributed by atoms with Crippen LogP contribution in [-0.4, -0.2) is 30.1 Å². The summed E-state index contributed by atoms with van der Waals surface area (Å²) in [5.41, 5.74) is 1.67. The van der Waals surface area contributed by atoms with Crippen molar-refractivity contribution in [2.75, 3.05) is 13.2 Å². The van der Waals surface area contributed by atoms with Crippen molar-refractivity contribution in [3.8, 4) is 0 Å². The van der Waals surface area contributed by atoms with Crippen LogP contribution < -0.4 is 0 Å². The number of benzene rings is 1. The molecule has 0 aliphatic rings. The number of carbonyl (C=O) groups is 2. The summed E-state index contributed by atoms with van der Waals surface area (Å²) in [4.78, 5) is 26.3. The lowest BCUT2D eigenvalue weighted by atomic mass is 10.0. The van der Waals surface area contributed by atoms with Crippen molar-refractivity contribution in [1.82, 2.24) is 4.98 Å². The van der Waals surface area contributed by atoms with Gasteiger partial charge in [0.1, 0.15) is 5.82 Å². The number of aromatic nitrogens is 1. The number of carbonyl (C=O) groups excluding carboxylic acids is 2. The van der Waals surface area contributed by atoms with Gasteiger partial charge in [-0.3, -0.25) is 9.59 Å². The molecule has 0 amide bonds. The molecule has 1 N–H and O–H groups in total. The first-order valence-electron chi connectivity index (χ1n) is 7.66. The zero-order valence-corrected chi connectivity index (χ0v) is 13.3. The number of rotatable bonds is 7. The lowest BCUT2D eigenvalue weighted by molar-refractivity contribution is -0.143. The number of nitrogens with one attached hydrogen (secondary N) is 1. The van der Waals surface area contributed by atoms with E-state index in [-0.39, 0.29) is 31.4 Å². The van der Waals surface area contributed by atoms with Gasteiger partial charge in [0.15, 0.2) is 0 Å². The molecule has 23 heavy (non-hydrogen) atoms. The minimum absolute atomic E-state index is 0.0372. The number of halogens is 1. The smallest absolute Gasteiger partial charge is 0.310 e. The highest BCUT2D eigenvalue weighted by atomic mass is 19.1. The largest absolute Gasteiger partial charge is 0.466 e. The van der Waals surface area contributed by atoms with Crippen molar-refractivity contribution in [2.45, 2.75) is 33.1 Å². The van der Waals surface area contributed by atoms with Crippen LogP contribution in [0.5, 0.6) is 0 Å². The lowest BCUT2D eigenvalue weighted by Crippen LogP contribution is -2.10. The molecule has 5 nitrogen and oxygen atoms in total. The molecule has 1 aromatic heterocycles. The van der Waals surface area contributed by atoms with Crippen LogP contribution in [0.1, 0.15) is 31.5 Å². The van der Waals surface area contributed by atoms with E-state index < -0.39 is 5.82 Å². The zero-order chi connectivity index (χ0) is 16.8. The van der Waals surface area contributed by atoms with E-state index in [0.717, 1.165) is 0 Å². The van der Waals surface area contributed by atoms with Crippen molar-refractivity contribution >= 4 is 22.8 Å². The first kappa shape index (κ1) is 17.0. The van der Waals surface area contributed by atoms with Crippen molar-refractivity contribution in [3.05, 3.63) is 35.3 Å². The number of ether oxygens (including phenoxy) is 2. The molecule has 2 rings (SSSR count). The summed E-state index contributed by atoms with van der Waals surface area (Å²) in [6.07, 6.45) is 0.551. The Morgan fingerprint density at radius 3 is 2.52 bits per heavy atom. The van der Waals surface area contributed by atoms with E-state index in [1.807, 2.05) is 0 Å². The summed E-state index contributed by atoms with van der Waals surface area (Å²) in [6.45, 7) is 4.07. The molecule has 0 radical (unpaired) electrons. The molecule has 124 valence electrons. The topological polar surface area (TPSA) is 68.4 Å². The molecule has 2 aromatic rings. The average molecular weight is 321 g/mol. The second-order valence-corrected chi connectivity index (χ2v) is 5.03. The molecule has 0 bridgehead atoms. The van der Waals surface area contributed by atoms with Gasteiger partial charge in [-0.1, -0.05) is 12.1 Å². The van der Waals surface area contributed by atoms with Crippen LogP contribution in [0.3, 0.4) is 0 Å². The highest BCUT2D eigenvalue weighted by molar-refractivity contribution is 5.89. The van der Waals surface area contributed by atoms with Crippen molar-refractivity contribution in [3.63, 3.8) is 0 Å². The minimum Gasteiger partial charge on any atom is -0.466 e. The first-order chi connectivity index (χ1) is 11.1. The van der Waals surface area contributed by atoms with Crippen LogP contribution in [-0.2, 0) is 31.9 Å². The number of hydrogen-bond acceptors (Lipinski definition) is 4. The van der Waals surface area contributed by atoms with Gasteiger partial charge in [-0.25, -0.2) is 4.39 Å². The fraction of sp³-hybridized carbons (Fsp3) is 0.412. The van der Waals surface area contributed by atoms with Gasteiger partial charge in [0.25, 0.3) is 0 Å². The van der Waals surface area contributed by atoms with Crippen molar-refractivity contribution in [2.24, 2.45) is 0 Å². The molecule has 0 saturated heterocycles. The van der Waals surface area contributed by atoms with Gasteiger partial charge in [0.2, 0.25) is 0 Å². The molecule has 0 saturated carbocycles. The Kier molecular flexibility index (Phi) is 5.73. The van der Waals surface area contributed by atoms with E-state index in [4.69, 9.17) is 9.47 Å². The number of para-hydroxylation sites is 1. The summed E-state index contributed by atoms with van der Waals surface area (Å²) >= 11 is 0. The van der Waals surface area contributed by atoms with Gasteiger partial charge in [-0.2, -0.15) is 0 Å². The predicted octanol–water partition coefficient (Wildman–Crippen LogP) is 2.91. The molecular weight excluding hydrogens is 301 g/mol. The second kappa shape index (κ2) is 7.76. The van der Waals surface area contributed by atoms with E-state index in [2.05, 4.69) is 4.98 Å². The quantitative estimate of drug-likeness (QED) is 0.796. The lowest BCUT2D eigenvalue weighted by Gasteiger charge is -2.05. The van der Waals surface area contributed by atoms with E-state index >= 15 is 0 Å². The Labute approximate surface area is 133 Å². The maximum Gasteiger partial charge on any atom is 0.310 e. The number of esters is 2. The van der Waals surface area contributed by atoms with Gasteiger partial charge in [-0.15, -0.1) is 0 Å². The number of aromatic amines is 1. The van der Waals surface area contributed by atoms with E-state index in [0.29, 0.717) is 35.2 Å². The molecule has 6 heteroatoms. The first-order valence-corrected chi connectivity index (χ1v) is 7.66. The molecule has 0 atom stereocenters. The van der Waals surface area contributed by atoms with Crippen LogP contribution in [0.15, 0.2) is 18.2 Å². The van der Waals surface area contributed by atoms with Crippen LogP contribution in [0.25, 0.3) is 10.9 Å². The average Bonchev–Trinajstić information content (AvgIpc) is 2.85. The molecular formula is C17H20FNO4. The van der Waals surface area contributed by atoms with E-state index in [9.17, 15) is 14.0 Å². The van der Waals surface area contributed by atoms with Crippen molar-refractivity contribution in [1.29, 1.82) is 0 Å². The van der Waals surface area contributed by atoms with Crippen LogP contribution in [0.4, 0.5) is 4.39 Å². The third-order valence-corrected chi connectivity index (χ3v) is 3.49. The van der Waals surface area contributed by atoms with Crippen LogP contribution in [0, 0.1) is 5.82 Å². The zero-order valence-electron chi connectivity index (χ0n) is 13.3. The molecule has 1 heterocycles. The Bertz CT molecular complexity index is 708. The monoisotopic (exact) mass is 321 g/mol. The summed E-state index contributed by atoms with van der Waals surface area (Å²) in [5.74, 6) is -1.10. The number of fused-ring (bicyclic) bond motifs is 1. The fourth-order valence-electron chi connectivity index (χ4n) is 2.52. The molecule has 0 fully saturated rings. The molecule has 0 unspecified atom stereocenters. The maximum absolute atomic E-state index is 13.9. The normalized spacial score (nSPS) is 10.7. The highest BCUT2D eigenvalue weighted by Crippen LogP contribution is 2.26. The summed E-state index contributed by atoms with van der Waals surface area (Å²) < 4.78 is 23.8. The van der Waals surface area contributed by atoms with E-state index in [1.54, 1.807) is 26.0 Å².